The number of Topliss-reactive ketones (excluding diaryl/α,β-unsaturated/α-hetero) is 1. The van der Waals surface area contributed by atoms with Gasteiger partial charge in [0.2, 0.25) is 0 Å². The van der Waals surface area contributed by atoms with E-state index in [4.69, 9.17) is 4.98 Å². The Morgan fingerprint density at radius 1 is 1.10 bits per heavy atom. The van der Waals surface area contributed by atoms with Gasteiger partial charge in [0.25, 0.3) is 5.56 Å². The fourth-order valence-corrected chi connectivity index (χ4v) is 3.55. The first kappa shape index (κ1) is 26.8. The molecule has 1 aliphatic rings. The van der Waals surface area contributed by atoms with Gasteiger partial charge < -0.3 is 4.79 Å². The van der Waals surface area contributed by atoms with Gasteiger partial charge in [-0.25, -0.2) is 4.98 Å². The van der Waals surface area contributed by atoms with Crippen LogP contribution in [0.4, 0.5) is 0 Å². The number of rotatable bonds is 6. The molecule has 2 aromatic rings. The number of nitrogens with zero attached hydrogens (tertiary/aromatic N) is 2. The van der Waals surface area contributed by atoms with Gasteiger partial charge in [-0.05, 0) is 63.9 Å². The quantitative estimate of drug-likeness (QED) is 0.543. The van der Waals surface area contributed by atoms with Crippen LogP contribution in [-0.4, -0.2) is 15.3 Å². The Morgan fingerprint density at radius 3 is 2.03 bits per heavy atom. The van der Waals surface area contributed by atoms with Gasteiger partial charge >= 0.3 is 0 Å². The van der Waals surface area contributed by atoms with Crippen LogP contribution in [0.3, 0.4) is 0 Å². The molecule has 172 valence electrons. The summed E-state index contributed by atoms with van der Waals surface area (Å²) in [5, 5.41) is 0. The average Bonchev–Trinajstić information content (AvgIpc) is 3.52. The van der Waals surface area contributed by atoms with Crippen LogP contribution in [0.5, 0.6) is 0 Å². The van der Waals surface area contributed by atoms with Crippen molar-refractivity contribution in [2.75, 3.05) is 0 Å². The highest BCUT2D eigenvalue weighted by molar-refractivity contribution is 5.72. The van der Waals surface area contributed by atoms with Crippen LogP contribution in [0.15, 0.2) is 35.1 Å². The molecular weight excluding hydrogens is 384 g/mol. The molecule has 0 aliphatic heterocycles. The fourth-order valence-electron chi connectivity index (χ4n) is 3.55. The van der Waals surface area contributed by atoms with Gasteiger partial charge in [0, 0.05) is 5.56 Å². The minimum atomic E-state index is 0.137. The van der Waals surface area contributed by atoms with Crippen LogP contribution in [0.1, 0.15) is 96.4 Å². The van der Waals surface area contributed by atoms with E-state index in [0.717, 1.165) is 42.3 Å². The van der Waals surface area contributed by atoms with Gasteiger partial charge in [-0.3, -0.25) is 9.36 Å². The maximum absolute atomic E-state index is 13.2. The zero-order valence-electron chi connectivity index (χ0n) is 20.9. The third-order valence-corrected chi connectivity index (χ3v) is 4.79. The molecule has 1 aromatic carbocycles. The number of aromatic nitrogens is 2. The Kier molecular flexibility index (Phi) is 11.4. The monoisotopic (exact) mass is 426 g/mol. The smallest absolute Gasteiger partial charge is 0.257 e. The van der Waals surface area contributed by atoms with Crippen molar-refractivity contribution in [2.45, 2.75) is 93.5 Å². The van der Waals surface area contributed by atoms with Crippen LogP contribution >= 0.6 is 0 Å². The molecule has 1 fully saturated rings. The summed E-state index contributed by atoms with van der Waals surface area (Å²) in [4.78, 5) is 27.5. The van der Waals surface area contributed by atoms with Crippen LogP contribution in [0.2, 0.25) is 0 Å². The summed E-state index contributed by atoms with van der Waals surface area (Å²) in [5.74, 6) is 2.42. The number of ketones is 1. The van der Waals surface area contributed by atoms with E-state index < -0.39 is 0 Å². The van der Waals surface area contributed by atoms with Gasteiger partial charge in [0.05, 0.1) is 11.7 Å². The van der Waals surface area contributed by atoms with E-state index in [1.165, 1.54) is 32.3 Å². The number of benzene rings is 1. The van der Waals surface area contributed by atoms with Gasteiger partial charge in [0.15, 0.2) is 0 Å². The van der Waals surface area contributed by atoms with Crippen molar-refractivity contribution in [1.82, 2.24) is 9.55 Å². The highest BCUT2D eigenvalue weighted by Gasteiger charge is 2.35. The Hall–Kier alpha value is -2.23. The number of hydrogen-bond donors (Lipinski definition) is 0. The normalized spacial score (nSPS) is 13.6. The summed E-state index contributed by atoms with van der Waals surface area (Å²) in [7, 11) is 0. The summed E-state index contributed by atoms with van der Waals surface area (Å²) in [6, 6.07) is 10.6. The average molecular weight is 427 g/mol. The summed E-state index contributed by atoms with van der Waals surface area (Å²) < 4.78 is 1.97. The van der Waals surface area contributed by atoms with Gasteiger partial charge in [-0.1, -0.05) is 71.4 Å². The molecule has 3 rings (SSSR count). The molecule has 0 saturated heterocycles. The van der Waals surface area contributed by atoms with E-state index >= 15 is 0 Å². The van der Waals surface area contributed by atoms with Crippen molar-refractivity contribution in [2.24, 2.45) is 11.8 Å². The molecule has 0 radical (unpaired) electrons. The number of aryl methyl sites for hydroxylation is 2. The van der Waals surface area contributed by atoms with Crippen molar-refractivity contribution in [1.29, 1.82) is 0 Å². The lowest BCUT2D eigenvalue weighted by molar-refractivity contribution is -0.114. The molecule has 1 saturated carbocycles. The maximum atomic E-state index is 13.2. The largest absolute Gasteiger partial charge is 0.300 e. The van der Waals surface area contributed by atoms with E-state index in [2.05, 4.69) is 58.9 Å². The van der Waals surface area contributed by atoms with Gasteiger partial charge in [0.1, 0.15) is 11.6 Å². The molecule has 1 heterocycles. The molecular formula is C27H42N2O2. The first-order chi connectivity index (χ1) is 14.6. The van der Waals surface area contributed by atoms with Crippen LogP contribution in [-0.2, 0) is 17.6 Å². The molecule has 0 bridgehead atoms. The standard InChI is InChI=1S/C20H26N2O.C4H10.C3H6O/c1-4-9-17-18(5-2)21-14(3)22(20(17)23)19(16-12-13-16)15-10-7-6-8-11-15;1-4(2)3;1-3(2)4/h6-8,10-11,16,19H,4-5,9,12-13H2,1-3H3;4H,1-3H3;1-2H3. The topological polar surface area (TPSA) is 52.0 Å². The molecule has 4 heteroatoms. The summed E-state index contributed by atoms with van der Waals surface area (Å²) in [6.45, 7) is 15.7. The molecule has 1 atom stereocenters. The van der Waals surface area contributed by atoms with Crippen LogP contribution in [0.25, 0.3) is 0 Å². The number of carbonyl (C=O) groups is 1. The highest BCUT2D eigenvalue weighted by Crippen LogP contribution is 2.43. The molecule has 1 aromatic heterocycles. The predicted octanol–water partition coefficient (Wildman–Crippen LogP) is 6.32. The minimum Gasteiger partial charge on any atom is -0.300 e. The Labute approximate surface area is 189 Å². The molecule has 0 spiro atoms. The summed E-state index contributed by atoms with van der Waals surface area (Å²) >= 11 is 0. The number of carbonyl (C=O) groups excluding carboxylic acids is 1. The molecule has 1 aliphatic carbocycles. The maximum Gasteiger partial charge on any atom is 0.257 e. The van der Waals surface area contributed by atoms with Crippen molar-refractivity contribution < 1.29 is 4.79 Å². The Balaban J connectivity index is 0.000000519. The minimum absolute atomic E-state index is 0.137. The lowest BCUT2D eigenvalue weighted by Crippen LogP contribution is -2.33. The molecule has 31 heavy (non-hydrogen) atoms. The summed E-state index contributed by atoms with van der Waals surface area (Å²) in [6.07, 6.45) is 5.02. The third-order valence-electron chi connectivity index (χ3n) is 4.79. The summed E-state index contributed by atoms with van der Waals surface area (Å²) in [5.41, 5.74) is 3.31. The van der Waals surface area contributed by atoms with E-state index in [0.29, 0.717) is 5.92 Å². The van der Waals surface area contributed by atoms with Gasteiger partial charge in [-0.2, -0.15) is 0 Å². The zero-order valence-corrected chi connectivity index (χ0v) is 20.9. The van der Waals surface area contributed by atoms with Crippen molar-refractivity contribution in [3.05, 3.63) is 63.3 Å². The van der Waals surface area contributed by atoms with Crippen molar-refractivity contribution >= 4 is 5.78 Å². The number of hydrogen-bond acceptors (Lipinski definition) is 3. The predicted molar refractivity (Wildman–Crippen MR) is 131 cm³/mol. The highest BCUT2D eigenvalue weighted by atomic mass is 16.1. The molecule has 0 N–H and O–H groups in total. The SMILES string of the molecule is CC(C)=O.CC(C)C.CCCc1c(CC)nc(C)n(C(c2ccccc2)C2CC2)c1=O. The van der Waals surface area contributed by atoms with E-state index in [1.54, 1.807) is 0 Å². The molecule has 0 amide bonds. The third kappa shape index (κ3) is 8.80. The van der Waals surface area contributed by atoms with Crippen LogP contribution in [0, 0.1) is 18.8 Å². The molecule has 4 nitrogen and oxygen atoms in total. The fraction of sp³-hybridized carbons (Fsp3) is 0.593. The second-order valence-corrected chi connectivity index (χ2v) is 9.20. The van der Waals surface area contributed by atoms with E-state index in [1.807, 2.05) is 17.6 Å². The molecule has 1 unspecified atom stereocenters. The lowest BCUT2D eigenvalue weighted by Gasteiger charge is -2.24. The van der Waals surface area contributed by atoms with E-state index in [-0.39, 0.29) is 17.4 Å². The Bertz CT molecular complexity index is 858. The van der Waals surface area contributed by atoms with E-state index in [9.17, 15) is 9.59 Å². The van der Waals surface area contributed by atoms with Crippen molar-refractivity contribution in [3.63, 3.8) is 0 Å². The van der Waals surface area contributed by atoms with Gasteiger partial charge in [-0.15, -0.1) is 0 Å². The first-order valence-electron chi connectivity index (χ1n) is 11.8. The van der Waals surface area contributed by atoms with Crippen LogP contribution < -0.4 is 5.56 Å². The Morgan fingerprint density at radius 2 is 1.61 bits per heavy atom. The second-order valence-electron chi connectivity index (χ2n) is 9.20. The first-order valence-corrected chi connectivity index (χ1v) is 11.8. The zero-order chi connectivity index (χ0) is 23.6. The van der Waals surface area contributed by atoms with Crippen molar-refractivity contribution in [3.8, 4) is 0 Å². The second kappa shape index (κ2) is 13.2. The lowest BCUT2D eigenvalue weighted by atomic mass is 10.0.